The van der Waals surface area contributed by atoms with Crippen molar-refractivity contribution in [3.63, 3.8) is 0 Å². The van der Waals surface area contributed by atoms with Gasteiger partial charge in [-0.3, -0.25) is 0 Å². The Kier molecular flexibility index (Phi) is 1.91. The third-order valence-electron chi connectivity index (χ3n) is 4.15. The molecule has 2 amide bonds. The highest BCUT2D eigenvalue weighted by molar-refractivity contribution is 6.18. The minimum absolute atomic E-state index is 0.0335. The second-order valence-electron chi connectivity index (χ2n) is 4.75. The Labute approximate surface area is 88.6 Å². The Morgan fingerprint density at radius 1 is 1.36 bits per heavy atom. The van der Waals surface area contributed by atoms with E-state index in [0.29, 0.717) is 18.5 Å². The highest BCUT2D eigenvalue weighted by Gasteiger charge is 2.68. The van der Waals surface area contributed by atoms with Gasteiger partial charge in [0.15, 0.2) is 0 Å². The molecule has 0 aromatic rings. The fraction of sp³-hybridized carbons (Fsp3) is 0.900. The van der Waals surface area contributed by atoms with Crippen LogP contribution in [0.25, 0.3) is 0 Å². The van der Waals surface area contributed by atoms with Crippen molar-refractivity contribution in [1.82, 2.24) is 10.6 Å². The molecule has 4 saturated carbocycles. The fourth-order valence-electron chi connectivity index (χ4n) is 3.65. The molecule has 4 aliphatic rings. The molecule has 4 rings (SSSR count). The van der Waals surface area contributed by atoms with Gasteiger partial charge in [0.1, 0.15) is 0 Å². The molecular formula is C10H15ClN2O. The molecule has 4 heteroatoms. The number of hydrogen-bond donors (Lipinski definition) is 2. The number of carbonyl (C=O) groups excluding carboxylic acids is 1. The molecule has 3 unspecified atom stereocenters. The van der Waals surface area contributed by atoms with Gasteiger partial charge in [0.2, 0.25) is 0 Å². The molecule has 0 heterocycles. The largest absolute Gasteiger partial charge is 0.337 e. The number of hydrogen-bond acceptors (Lipinski definition) is 1. The number of alkyl halides is 1. The zero-order valence-electron chi connectivity index (χ0n) is 8.00. The normalized spacial score (nSPS) is 46.5. The van der Waals surface area contributed by atoms with Crippen LogP contribution in [-0.4, -0.2) is 24.5 Å². The van der Waals surface area contributed by atoms with Crippen LogP contribution in [0.2, 0.25) is 0 Å². The summed E-state index contributed by atoms with van der Waals surface area (Å²) >= 11 is 5.49. The Balaban J connectivity index is 1.51. The Bertz CT molecular complexity index is 257. The third-order valence-corrected chi connectivity index (χ3v) is 4.34. The van der Waals surface area contributed by atoms with Gasteiger partial charge in [0.05, 0.1) is 0 Å². The minimum Gasteiger partial charge on any atom is -0.337 e. The second kappa shape index (κ2) is 3.02. The Morgan fingerprint density at radius 3 is 2.57 bits per heavy atom. The summed E-state index contributed by atoms with van der Waals surface area (Å²) in [5.41, 5.74) is 0. The monoisotopic (exact) mass is 214 g/mol. The topological polar surface area (TPSA) is 41.1 Å². The lowest BCUT2D eigenvalue weighted by Crippen LogP contribution is -2.44. The van der Waals surface area contributed by atoms with Crippen LogP contribution in [0.1, 0.15) is 12.8 Å². The Hall–Kier alpha value is -0.440. The first-order valence-corrected chi connectivity index (χ1v) is 5.95. The zero-order chi connectivity index (χ0) is 9.71. The molecule has 14 heavy (non-hydrogen) atoms. The summed E-state index contributed by atoms with van der Waals surface area (Å²) in [4.78, 5) is 11.4. The SMILES string of the molecule is O=C(NCCCl)NC1C2CC3C(C2)C31. The summed E-state index contributed by atoms with van der Waals surface area (Å²) in [6.45, 7) is 0.558. The maximum absolute atomic E-state index is 11.4. The second-order valence-corrected chi connectivity index (χ2v) is 5.13. The van der Waals surface area contributed by atoms with Crippen LogP contribution in [0, 0.1) is 23.7 Å². The van der Waals surface area contributed by atoms with Gasteiger partial charge in [-0.2, -0.15) is 0 Å². The van der Waals surface area contributed by atoms with Crippen molar-refractivity contribution < 1.29 is 4.79 Å². The smallest absolute Gasteiger partial charge is 0.315 e. The Morgan fingerprint density at radius 2 is 2.07 bits per heavy atom. The van der Waals surface area contributed by atoms with E-state index >= 15 is 0 Å². The molecule has 3 nitrogen and oxygen atoms in total. The molecule has 2 N–H and O–H groups in total. The number of amides is 2. The van der Waals surface area contributed by atoms with E-state index in [1.807, 2.05) is 0 Å². The summed E-state index contributed by atoms with van der Waals surface area (Å²) in [6.07, 6.45) is 2.71. The van der Waals surface area contributed by atoms with Gasteiger partial charge in [-0.15, -0.1) is 11.6 Å². The van der Waals surface area contributed by atoms with Gasteiger partial charge in [-0.1, -0.05) is 0 Å². The number of nitrogens with one attached hydrogen (secondary N) is 2. The molecule has 3 atom stereocenters. The molecule has 0 spiro atoms. The summed E-state index contributed by atoms with van der Waals surface area (Å²) in [6, 6.07) is 0.439. The number of carbonyl (C=O) groups is 1. The van der Waals surface area contributed by atoms with Crippen molar-refractivity contribution in [2.75, 3.05) is 12.4 Å². The van der Waals surface area contributed by atoms with Crippen LogP contribution in [0.5, 0.6) is 0 Å². The van der Waals surface area contributed by atoms with Crippen LogP contribution in [-0.2, 0) is 0 Å². The first kappa shape index (κ1) is 8.84. The predicted molar refractivity (Wildman–Crippen MR) is 54.2 cm³/mol. The highest BCUT2D eigenvalue weighted by atomic mass is 35.5. The van der Waals surface area contributed by atoms with Crippen molar-refractivity contribution in [1.29, 1.82) is 0 Å². The van der Waals surface area contributed by atoms with Crippen LogP contribution in [0.15, 0.2) is 0 Å². The lowest BCUT2D eigenvalue weighted by Gasteiger charge is -2.16. The number of halogens is 1. The first-order valence-electron chi connectivity index (χ1n) is 5.41. The molecule has 0 aliphatic heterocycles. The minimum atomic E-state index is -0.0335. The molecule has 78 valence electrons. The summed E-state index contributed by atoms with van der Waals surface area (Å²) in [7, 11) is 0. The quantitative estimate of drug-likeness (QED) is 0.681. The molecule has 0 saturated heterocycles. The van der Waals surface area contributed by atoms with E-state index in [2.05, 4.69) is 10.6 Å². The van der Waals surface area contributed by atoms with E-state index < -0.39 is 0 Å². The average molecular weight is 215 g/mol. The van der Waals surface area contributed by atoms with E-state index in [1.165, 1.54) is 12.8 Å². The van der Waals surface area contributed by atoms with E-state index in [-0.39, 0.29) is 6.03 Å². The molecule has 4 fully saturated rings. The molecule has 0 aromatic heterocycles. The van der Waals surface area contributed by atoms with Gasteiger partial charge < -0.3 is 10.6 Å². The highest BCUT2D eigenvalue weighted by Crippen LogP contribution is 2.70. The number of urea groups is 1. The van der Waals surface area contributed by atoms with E-state index in [9.17, 15) is 4.79 Å². The van der Waals surface area contributed by atoms with Gasteiger partial charge >= 0.3 is 6.03 Å². The van der Waals surface area contributed by atoms with E-state index in [4.69, 9.17) is 11.6 Å². The van der Waals surface area contributed by atoms with Crippen molar-refractivity contribution in [2.24, 2.45) is 23.7 Å². The number of rotatable bonds is 3. The lowest BCUT2D eigenvalue weighted by molar-refractivity contribution is 0.234. The van der Waals surface area contributed by atoms with Crippen molar-refractivity contribution in [2.45, 2.75) is 18.9 Å². The van der Waals surface area contributed by atoms with Crippen LogP contribution in [0.4, 0.5) is 4.79 Å². The van der Waals surface area contributed by atoms with Crippen molar-refractivity contribution in [3.05, 3.63) is 0 Å². The molecule has 0 radical (unpaired) electrons. The fourth-order valence-corrected chi connectivity index (χ4v) is 3.75. The summed E-state index contributed by atoms with van der Waals surface area (Å²) in [5, 5.41) is 5.84. The van der Waals surface area contributed by atoms with Crippen LogP contribution in [0.3, 0.4) is 0 Å². The van der Waals surface area contributed by atoms with Gasteiger partial charge in [-0.05, 0) is 36.5 Å². The zero-order valence-corrected chi connectivity index (χ0v) is 8.76. The average Bonchev–Trinajstić information content (AvgIpc) is 2.59. The first-order chi connectivity index (χ1) is 6.81. The van der Waals surface area contributed by atoms with Crippen LogP contribution < -0.4 is 10.6 Å². The molecule has 4 bridgehead atoms. The van der Waals surface area contributed by atoms with E-state index in [0.717, 1.165) is 23.7 Å². The summed E-state index contributed by atoms with van der Waals surface area (Å²) < 4.78 is 0. The molecular weight excluding hydrogens is 200 g/mol. The maximum atomic E-state index is 11.4. The summed E-state index contributed by atoms with van der Waals surface area (Å²) in [5.74, 6) is 3.99. The van der Waals surface area contributed by atoms with Crippen molar-refractivity contribution in [3.8, 4) is 0 Å². The third kappa shape index (κ3) is 1.14. The van der Waals surface area contributed by atoms with Gasteiger partial charge in [-0.25, -0.2) is 4.79 Å². The predicted octanol–water partition coefficient (Wildman–Crippen LogP) is 1.18. The van der Waals surface area contributed by atoms with Crippen molar-refractivity contribution >= 4 is 17.6 Å². The van der Waals surface area contributed by atoms with Gasteiger partial charge in [0, 0.05) is 18.5 Å². The van der Waals surface area contributed by atoms with E-state index in [1.54, 1.807) is 0 Å². The lowest BCUT2D eigenvalue weighted by atomic mass is 10.1. The molecule has 4 aliphatic carbocycles. The van der Waals surface area contributed by atoms with Gasteiger partial charge in [0.25, 0.3) is 0 Å². The molecule has 0 aromatic carbocycles. The standard InChI is InChI=1S/C10H15ClN2O/c11-1-2-12-10(14)13-9-5-3-6-7(4-5)8(6)9/h5-9H,1-4H2,(H2,12,13,14). The maximum Gasteiger partial charge on any atom is 0.315 e. The van der Waals surface area contributed by atoms with Crippen LogP contribution >= 0.6 is 11.6 Å².